The first-order valence-corrected chi connectivity index (χ1v) is 15.3. The average molecular weight is 413 g/mol. The van der Waals surface area contributed by atoms with Crippen LogP contribution in [0.15, 0.2) is 83.9 Å². The van der Waals surface area contributed by atoms with Crippen molar-refractivity contribution in [2.75, 3.05) is 4.57 Å². The number of rotatable bonds is 4. The number of hydrogen-bond donors (Lipinski definition) is 0. The number of pyridine rings is 1. The van der Waals surface area contributed by atoms with Gasteiger partial charge in [0.15, 0.2) is 0 Å². The Labute approximate surface area is 153 Å². The molecule has 1 aromatic heterocycles. The van der Waals surface area contributed by atoms with Crippen molar-refractivity contribution < 1.29 is 0 Å². The van der Waals surface area contributed by atoms with Crippen LogP contribution < -0.4 is 9.03 Å². The van der Waals surface area contributed by atoms with Crippen LogP contribution in [-0.4, -0.2) is 25.3 Å². The molecule has 1 aliphatic heterocycles. The quantitative estimate of drug-likeness (QED) is 0.606. The van der Waals surface area contributed by atoms with Gasteiger partial charge in [0, 0.05) is 0 Å². The summed E-state index contributed by atoms with van der Waals surface area (Å²) < 4.78 is 4.16. The zero-order chi connectivity index (χ0) is 16.4. The van der Waals surface area contributed by atoms with Gasteiger partial charge in [-0.3, -0.25) is 0 Å². The van der Waals surface area contributed by atoms with Crippen molar-refractivity contribution in [1.82, 2.24) is 4.98 Å². The molecule has 1 aliphatic rings. The fourth-order valence-electron chi connectivity index (χ4n) is 2.91. The van der Waals surface area contributed by atoms with Crippen LogP contribution in [0.3, 0.4) is 0 Å². The Morgan fingerprint density at radius 3 is 2.50 bits per heavy atom. The van der Waals surface area contributed by atoms with Crippen LogP contribution >= 0.6 is 11.2 Å². The Hall–Kier alpha value is -1.52. The molecule has 0 fully saturated rings. The van der Waals surface area contributed by atoms with Gasteiger partial charge in [0.1, 0.15) is 0 Å². The van der Waals surface area contributed by atoms with Gasteiger partial charge in [-0.05, 0) is 0 Å². The fourth-order valence-corrected chi connectivity index (χ4v) is 18.1. The van der Waals surface area contributed by atoms with Gasteiger partial charge in [-0.1, -0.05) is 0 Å². The monoisotopic (exact) mass is 414 g/mol. The molecule has 24 heavy (non-hydrogen) atoms. The van der Waals surface area contributed by atoms with Crippen molar-refractivity contribution in [2.24, 2.45) is 0 Å². The van der Waals surface area contributed by atoms with Crippen LogP contribution in [0.2, 0.25) is 6.55 Å². The van der Waals surface area contributed by atoms with E-state index >= 15 is 0 Å². The molecule has 1 atom stereocenters. The minimum absolute atomic E-state index is 0.465. The summed E-state index contributed by atoms with van der Waals surface area (Å²) in [5.74, 6) is -1.67. The predicted molar refractivity (Wildman–Crippen MR) is 106 cm³/mol. The van der Waals surface area contributed by atoms with Gasteiger partial charge >= 0.3 is 154 Å². The van der Waals surface area contributed by atoms with Crippen molar-refractivity contribution in [2.45, 2.75) is 18.0 Å². The molecule has 0 spiro atoms. The predicted octanol–water partition coefficient (Wildman–Crippen LogP) is 3.79. The summed E-state index contributed by atoms with van der Waals surface area (Å²) >= 11 is 2.59. The van der Waals surface area contributed by atoms with E-state index in [2.05, 4.69) is 94.0 Å². The van der Waals surface area contributed by atoms with E-state index < -0.39 is 5.99 Å². The molecule has 0 radical (unpaired) electrons. The zero-order valence-corrected chi connectivity index (χ0v) is 17.0. The second-order valence-electron chi connectivity index (χ2n) is 5.79. The van der Waals surface area contributed by atoms with Crippen LogP contribution in [-0.2, 0) is 6.54 Å². The average Bonchev–Trinajstić information content (AvgIpc) is 2.88. The molecular weight excluding hydrogens is 395 g/mol. The van der Waals surface area contributed by atoms with Crippen molar-refractivity contribution in [1.29, 1.82) is 0 Å². The van der Waals surface area contributed by atoms with E-state index in [9.17, 15) is 0 Å². The van der Waals surface area contributed by atoms with E-state index in [1.54, 1.807) is 0 Å². The molecule has 3 aromatic rings. The van der Waals surface area contributed by atoms with E-state index in [1.165, 1.54) is 15.0 Å². The number of nitrogens with zero attached hydrogens (tertiary/aromatic N) is 2. The molecule has 2 heterocycles. The molecule has 0 saturated carbocycles. The molecule has 0 aliphatic carbocycles. The topological polar surface area (TPSA) is 16.1 Å². The Morgan fingerprint density at radius 1 is 0.958 bits per heavy atom. The maximum atomic E-state index is 4.57. The Kier molecular flexibility index (Phi) is 4.50. The first kappa shape index (κ1) is 16.0. The number of anilines is 1. The van der Waals surface area contributed by atoms with E-state index in [0.717, 1.165) is 12.2 Å². The second kappa shape index (κ2) is 6.77. The van der Waals surface area contributed by atoms with Crippen molar-refractivity contribution in [3.8, 4) is 0 Å². The first-order chi connectivity index (χ1) is 11.7. The Balaban J connectivity index is 1.70. The molecule has 5 heteroatoms. The minimum atomic E-state index is -1.67. The Morgan fingerprint density at radius 2 is 1.71 bits per heavy atom. The summed E-state index contributed by atoms with van der Waals surface area (Å²) in [6, 6.07) is 26.0. The van der Waals surface area contributed by atoms with Gasteiger partial charge in [0.2, 0.25) is 0 Å². The van der Waals surface area contributed by atoms with E-state index in [1.807, 2.05) is 12.3 Å². The normalized spacial score (nSPS) is 19.3. The molecule has 2 aromatic carbocycles. The summed E-state index contributed by atoms with van der Waals surface area (Å²) in [5, 5.41) is 0. The zero-order valence-electron chi connectivity index (χ0n) is 13.4. The van der Waals surface area contributed by atoms with E-state index in [-0.39, 0.29) is 0 Å². The van der Waals surface area contributed by atoms with Crippen molar-refractivity contribution in [3.63, 3.8) is 0 Å². The van der Waals surface area contributed by atoms with Gasteiger partial charge in [-0.2, -0.15) is 0 Å². The van der Waals surface area contributed by atoms with Crippen LogP contribution in [0.25, 0.3) is 0 Å². The number of fused-ring (bicyclic) bond motifs is 1. The van der Waals surface area contributed by atoms with Gasteiger partial charge in [0.25, 0.3) is 0 Å². The molecular formula is C19H18N2SSeSi. The molecule has 0 N–H and O–H groups in total. The van der Waals surface area contributed by atoms with Crippen LogP contribution in [0, 0.1) is 0 Å². The Bertz CT molecular complexity index is 831. The SMILES string of the molecule is C[Si]1([Se]c2ccccc2)Sc2ccccc2N1Cc1ccccn1. The molecule has 2 nitrogen and oxygen atoms in total. The van der Waals surface area contributed by atoms with Crippen molar-refractivity contribution >= 4 is 41.7 Å². The number of hydrogen-bond acceptors (Lipinski definition) is 3. The third-order valence-corrected chi connectivity index (χ3v) is 18.1. The number of aromatic nitrogens is 1. The molecule has 0 bridgehead atoms. The van der Waals surface area contributed by atoms with Crippen LogP contribution in [0.1, 0.15) is 5.69 Å². The summed E-state index contributed by atoms with van der Waals surface area (Å²) in [4.78, 5) is 6.00. The molecule has 0 amide bonds. The fraction of sp³-hybridized carbons (Fsp3) is 0.105. The van der Waals surface area contributed by atoms with E-state index in [0.29, 0.717) is 14.3 Å². The summed E-state index contributed by atoms with van der Waals surface area (Å²) in [6.45, 7) is 3.41. The third-order valence-electron chi connectivity index (χ3n) is 4.04. The van der Waals surface area contributed by atoms with Gasteiger partial charge < -0.3 is 0 Å². The molecule has 4 rings (SSSR count). The van der Waals surface area contributed by atoms with Gasteiger partial charge in [0.05, 0.1) is 0 Å². The van der Waals surface area contributed by atoms with Gasteiger partial charge in [-0.15, -0.1) is 0 Å². The molecule has 0 saturated heterocycles. The number of benzene rings is 2. The summed E-state index contributed by atoms with van der Waals surface area (Å²) in [5.41, 5.74) is 2.54. The molecule has 1 unspecified atom stereocenters. The number of para-hydroxylation sites is 1. The second-order valence-corrected chi connectivity index (χ2v) is 21.0. The standard InChI is InChI=1S/C19H18N2SSeSi/c1-24(23-17-10-3-2-4-11-17)21(15-16-9-7-8-14-20-16)18-12-5-6-13-19(18)22-24/h2-14H,15H2,1H3. The van der Waals surface area contributed by atoms with E-state index in [4.69, 9.17) is 0 Å². The summed E-state index contributed by atoms with van der Waals surface area (Å²) in [6.07, 6.45) is 1.89. The van der Waals surface area contributed by atoms with Crippen molar-refractivity contribution in [3.05, 3.63) is 84.7 Å². The summed E-state index contributed by atoms with van der Waals surface area (Å²) in [7, 11) is 0. The first-order valence-electron chi connectivity index (χ1n) is 7.94. The van der Waals surface area contributed by atoms with Crippen LogP contribution in [0.4, 0.5) is 5.69 Å². The molecule has 120 valence electrons. The third kappa shape index (κ3) is 3.17. The maximum absolute atomic E-state index is 4.57. The van der Waals surface area contributed by atoms with Gasteiger partial charge in [-0.25, -0.2) is 0 Å². The van der Waals surface area contributed by atoms with Crippen LogP contribution in [0.5, 0.6) is 0 Å².